The second-order valence-corrected chi connectivity index (χ2v) is 12.9. The molecule has 0 saturated heterocycles. The Balaban J connectivity index is 1.41. The Morgan fingerprint density at radius 1 is 0.320 bits per heavy atom. The summed E-state index contributed by atoms with van der Waals surface area (Å²) in [4.78, 5) is 15.8. The van der Waals surface area contributed by atoms with Gasteiger partial charge in [0.2, 0.25) is 5.95 Å². The highest BCUT2D eigenvalue weighted by Crippen LogP contribution is 2.40. The third kappa shape index (κ3) is 3.80. The van der Waals surface area contributed by atoms with Crippen LogP contribution in [0, 0.1) is 0 Å². The van der Waals surface area contributed by atoms with Crippen molar-refractivity contribution in [3.05, 3.63) is 164 Å². The molecule has 0 unspecified atom stereocenters. The molecule has 0 radical (unpaired) electrons. The molecular formula is C45H27N5. The molecule has 0 aliphatic heterocycles. The van der Waals surface area contributed by atoms with Crippen molar-refractivity contribution < 1.29 is 0 Å². The maximum atomic E-state index is 5.31. The van der Waals surface area contributed by atoms with E-state index in [4.69, 9.17) is 15.0 Å². The standard InChI is InChI=1S/C45H27N5/c1-2-14-29(15-3-1)49-39-23-11-10-20-34(39)38-27-28-26-37(42(38)49)31-17-5-7-22-36(31)44-46-43(35-21-6-4-16-30(28)35)47-45(48-44)50-40-24-12-8-18-32(40)33-19-9-13-25-41(33)50/h1-27H. The monoisotopic (exact) mass is 637 g/mol. The van der Waals surface area contributed by atoms with Gasteiger partial charge < -0.3 is 4.57 Å². The summed E-state index contributed by atoms with van der Waals surface area (Å²) in [6.07, 6.45) is 0. The second kappa shape index (κ2) is 10.3. The second-order valence-electron chi connectivity index (χ2n) is 12.9. The predicted octanol–water partition coefficient (Wildman–Crippen LogP) is 11.2. The minimum Gasteiger partial charge on any atom is -0.309 e. The molecular weight excluding hydrogens is 611 g/mol. The fourth-order valence-corrected chi connectivity index (χ4v) is 7.99. The summed E-state index contributed by atoms with van der Waals surface area (Å²) in [6, 6.07) is 58.1. The Bertz CT molecular complexity index is 3160. The van der Waals surface area contributed by atoms with Crippen LogP contribution in [-0.2, 0) is 0 Å². The average molecular weight is 638 g/mol. The van der Waals surface area contributed by atoms with Crippen molar-refractivity contribution in [2.75, 3.05) is 0 Å². The summed E-state index contributed by atoms with van der Waals surface area (Å²) in [5.41, 5.74) is 6.85. The molecule has 50 heavy (non-hydrogen) atoms. The van der Waals surface area contributed by atoms with Crippen LogP contribution in [0.4, 0.5) is 0 Å². The molecule has 5 heteroatoms. The lowest BCUT2D eigenvalue weighted by Crippen LogP contribution is -2.03. The highest BCUT2D eigenvalue weighted by Gasteiger charge is 2.19. The number of fused-ring (bicyclic) bond motifs is 17. The zero-order valence-electron chi connectivity index (χ0n) is 26.8. The molecule has 0 atom stereocenters. The van der Waals surface area contributed by atoms with Crippen LogP contribution in [0.15, 0.2) is 164 Å². The lowest BCUT2D eigenvalue weighted by Gasteiger charge is -2.12. The molecule has 4 heterocycles. The van der Waals surface area contributed by atoms with Gasteiger partial charge >= 0.3 is 0 Å². The summed E-state index contributed by atoms with van der Waals surface area (Å²) in [6.45, 7) is 0. The fourth-order valence-electron chi connectivity index (χ4n) is 7.99. The zero-order chi connectivity index (χ0) is 32.8. The quantitative estimate of drug-likeness (QED) is 0.189. The number of rotatable bonds is 2. The van der Waals surface area contributed by atoms with E-state index < -0.39 is 0 Å². The van der Waals surface area contributed by atoms with Crippen molar-refractivity contribution in [2.24, 2.45) is 0 Å². The summed E-state index contributed by atoms with van der Waals surface area (Å²) in [7, 11) is 0. The van der Waals surface area contributed by atoms with Gasteiger partial charge in [0.05, 0.1) is 22.1 Å². The molecule has 0 aliphatic rings. The Morgan fingerprint density at radius 3 is 1.34 bits per heavy atom. The minimum atomic E-state index is 0.597. The van der Waals surface area contributed by atoms with Crippen LogP contribution in [0.1, 0.15) is 0 Å². The molecule has 0 aliphatic carbocycles. The molecule has 232 valence electrons. The van der Waals surface area contributed by atoms with E-state index in [9.17, 15) is 0 Å². The van der Waals surface area contributed by atoms with Crippen LogP contribution >= 0.6 is 0 Å². The van der Waals surface area contributed by atoms with Crippen molar-refractivity contribution in [2.45, 2.75) is 0 Å². The highest BCUT2D eigenvalue weighted by molar-refractivity contribution is 6.24. The van der Waals surface area contributed by atoms with E-state index in [1.165, 1.54) is 27.1 Å². The third-order valence-corrected chi connectivity index (χ3v) is 10.1. The van der Waals surface area contributed by atoms with Gasteiger partial charge in [-0.05, 0) is 58.6 Å². The molecule has 4 bridgehead atoms. The number of hydrogen-bond donors (Lipinski definition) is 0. The Morgan fingerprint density at radius 2 is 0.740 bits per heavy atom. The molecule has 0 spiro atoms. The predicted molar refractivity (Wildman–Crippen MR) is 207 cm³/mol. The first-order chi connectivity index (χ1) is 24.8. The number of aromatic nitrogens is 5. The first-order valence-corrected chi connectivity index (χ1v) is 16.9. The first kappa shape index (κ1) is 27.1. The molecule has 11 rings (SSSR count). The first-order valence-electron chi connectivity index (χ1n) is 16.9. The van der Waals surface area contributed by atoms with Gasteiger partial charge in [0, 0.05) is 43.4 Å². The van der Waals surface area contributed by atoms with Gasteiger partial charge in [0.25, 0.3) is 0 Å². The summed E-state index contributed by atoms with van der Waals surface area (Å²) in [5, 5.41) is 11.1. The number of hydrogen-bond acceptors (Lipinski definition) is 3. The van der Waals surface area contributed by atoms with E-state index in [0.717, 1.165) is 54.6 Å². The third-order valence-electron chi connectivity index (χ3n) is 10.1. The SMILES string of the molecule is c1ccc(-n2c3ccccc3c3cc4cc(c5ccccc5c5nc(-n6c7ccccc7c7ccccc76)nc(n5)c5ccccc45)c32)cc1. The lowest BCUT2D eigenvalue weighted by atomic mass is 10.0. The van der Waals surface area contributed by atoms with Crippen LogP contribution in [-0.4, -0.2) is 24.1 Å². The maximum Gasteiger partial charge on any atom is 0.238 e. The van der Waals surface area contributed by atoms with E-state index >= 15 is 0 Å². The van der Waals surface area contributed by atoms with Gasteiger partial charge in [0.15, 0.2) is 11.3 Å². The largest absolute Gasteiger partial charge is 0.309 e. The number of nitrogens with zero attached hydrogens (tertiary/aromatic N) is 5. The lowest BCUT2D eigenvalue weighted by molar-refractivity contribution is 1.00. The fraction of sp³-hybridized carbons (Fsp3) is 0. The van der Waals surface area contributed by atoms with Crippen LogP contribution < -0.4 is 0 Å². The van der Waals surface area contributed by atoms with E-state index in [1.807, 2.05) is 0 Å². The van der Waals surface area contributed by atoms with Gasteiger partial charge in [-0.3, -0.25) is 4.57 Å². The Kier molecular flexibility index (Phi) is 5.60. The van der Waals surface area contributed by atoms with E-state index in [0.29, 0.717) is 17.2 Å². The maximum absolute atomic E-state index is 5.31. The van der Waals surface area contributed by atoms with Crippen LogP contribution in [0.3, 0.4) is 0 Å². The van der Waals surface area contributed by atoms with Gasteiger partial charge in [-0.25, -0.2) is 4.98 Å². The smallest absolute Gasteiger partial charge is 0.238 e. The van der Waals surface area contributed by atoms with E-state index in [2.05, 4.69) is 173 Å². The van der Waals surface area contributed by atoms with Gasteiger partial charge in [-0.2, -0.15) is 9.97 Å². The number of benzene rings is 7. The molecule has 4 aromatic heterocycles. The molecule has 0 amide bonds. The Hall–Kier alpha value is -6.85. The molecule has 5 nitrogen and oxygen atoms in total. The van der Waals surface area contributed by atoms with Crippen molar-refractivity contribution >= 4 is 87.2 Å². The highest BCUT2D eigenvalue weighted by atomic mass is 15.2. The molecule has 0 fully saturated rings. The van der Waals surface area contributed by atoms with Crippen LogP contribution in [0.25, 0.3) is 98.9 Å². The van der Waals surface area contributed by atoms with E-state index in [-0.39, 0.29) is 0 Å². The molecule has 11 aromatic rings. The summed E-state index contributed by atoms with van der Waals surface area (Å²) in [5.74, 6) is 0.597. The van der Waals surface area contributed by atoms with Gasteiger partial charge in [0.1, 0.15) is 0 Å². The number of para-hydroxylation sites is 4. The Labute approximate surface area is 286 Å². The summed E-state index contributed by atoms with van der Waals surface area (Å²) < 4.78 is 4.58. The topological polar surface area (TPSA) is 48.5 Å². The molecule has 7 aromatic carbocycles. The van der Waals surface area contributed by atoms with Crippen molar-refractivity contribution in [1.29, 1.82) is 0 Å². The average Bonchev–Trinajstić information content (AvgIpc) is 3.71. The minimum absolute atomic E-state index is 0.597. The van der Waals surface area contributed by atoms with Crippen LogP contribution in [0.5, 0.6) is 0 Å². The zero-order valence-corrected chi connectivity index (χ0v) is 26.8. The van der Waals surface area contributed by atoms with Crippen molar-refractivity contribution in [1.82, 2.24) is 24.1 Å². The van der Waals surface area contributed by atoms with E-state index in [1.54, 1.807) is 0 Å². The van der Waals surface area contributed by atoms with Gasteiger partial charge in [-0.1, -0.05) is 121 Å². The normalized spacial score (nSPS) is 12.0. The molecule has 0 saturated carbocycles. The summed E-state index contributed by atoms with van der Waals surface area (Å²) >= 11 is 0. The van der Waals surface area contributed by atoms with Crippen molar-refractivity contribution in [3.63, 3.8) is 0 Å². The molecule has 0 N–H and O–H groups in total. The van der Waals surface area contributed by atoms with Crippen LogP contribution in [0.2, 0.25) is 0 Å². The van der Waals surface area contributed by atoms with Crippen molar-refractivity contribution in [3.8, 4) is 11.6 Å². The van der Waals surface area contributed by atoms with Gasteiger partial charge in [-0.15, -0.1) is 0 Å².